The van der Waals surface area contributed by atoms with Crippen LogP contribution in [0.5, 0.6) is 0 Å². The van der Waals surface area contributed by atoms with Gasteiger partial charge in [0.15, 0.2) is 11.2 Å². The molecule has 0 radical (unpaired) electrons. The Morgan fingerprint density at radius 1 is 1.13 bits per heavy atom. The van der Waals surface area contributed by atoms with Crippen LogP contribution in [-0.4, -0.2) is 64.3 Å². The number of pyridine rings is 1. The van der Waals surface area contributed by atoms with E-state index in [1.807, 2.05) is 18.4 Å². The third-order valence-corrected chi connectivity index (χ3v) is 7.35. The Morgan fingerprint density at radius 2 is 1.89 bits per heavy atom. The maximum atomic E-state index is 13.5. The van der Waals surface area contributed by atoms with Gasteiger partial charge in [0.2, 0.25) is 11.9 Å². The van der Waals surface area contributed by atoms with Crippen molar-refractivity contribution in [3.63, 3.8) is 0 Å². The second-order valence-electron chi connectivity index (χ2n) is 9.33. The summed E-state index contributed by atoms with van der Waals surface area (Å²) in [6, 6.07) is 5.89. The summed E-state index contributed by atoms with van der Waals surface area (Å²) >= 11 is 1.48. The van der Waals surface area contributed by atoms with Gasteiger partial charge in [0, 0.05) is 44.6 Å². The van der Waals surface area contributed by atoms with Crippen LogP contribution in [0.1, 0.15) is 19.8 Å². The lowest BCUT2D eigenvalue weighted by Crippen LogP contribution is -2.38. The second-order valence-corrected chi connectivity index (χ2v) is 10.2. The highest BCUT2D eigenvalue weighted by Gasteiger charge is 2.23. The lowest BCUT2D eigenvalue weighted by atomic mass is 10.2. The molecule has 0 spiro atoms. The van der Waals surface area contributed by atoms with Crippen LogP contribution in [0.3, 0.4) is 0 Å². The molecule has 4 aromatic heterocycles. The summed E-state index contributed by atoms with van der Waals surface area (Å²) in [5.74, 6) is 1.28. The molecule has 4 aromatic rings. The van der Waals surface area contributed by atoms with E-state index in [2.05, 4.69) is 26.8 Å². The van der Waals surface area contributed by atoms with Gasteiger partial charge >= 0.3 is 5.69 Å². The summed E-state index contributed by atoms with van der Waals surface area (Å²) in [4.78, 5) is 60.4. The van der Waals surface area contributed by atoms with E-state index in [0.29, 0.717) is 29.4 Å². The van der Waals surface area contributed by atoms with E-state index >= 15 is 0 Å². The molecule has 12 nitrogen and oxygen atoms in total. The molecule has 0 N–H and O–H groups in total. The number of carbonyl (C=O) groups excluding carboxylic acids is 1. The van der Waals surface area contributed by atoms with Crippen LogP contribution < -0.4 is 21.0 Å². The molecule has 1 aliphatic heterocycles. The van der Waals surface area contributed by atoms with Crippen molar-refractivity contribution in [1.29, 1.82) is 0 Å². The van der Waals surface area contributed by atoms with Crippen molar-refractivity contribution in [2.75, 3.05) is 28.5 Å². The highest BCUT2D eigenvalue weighted by molar-refractivity contribution is 7.98. The molecule has 0 bridgehead atoms. The highest BCUT2D eigenvalue weighted by atomic mass is 32.2. The maximum absolute atomic E-state index is 13.5. The summed E-state index contributed by atoms with van der Waals surface area (Å²) in [7, 11) is 2.95. The average molecular weight is 536 g/mol. The van der Waals surface area contributed by atoms with Crippen molar-refractivity contribution in [1.82, 2.24) is 33.6 Å². The molecule has 1 aliphatic rings. The molecular formula is C25H29N9O3S. The minimum atomic E-state index is -0.503. The van der Waals surface area contributed by atoms with Crippen molar-refractivity contribution in [3.05, 3.63) is 57.8 Å². The molecule has 1 saturated heterocycles. The van der Waals surface area contributed by atoms with E-state index in [9.17, 15) is 14.4 Å². The van der Waals surface area contributed by atoms with Gasteiger partial charge in [-0.1, -0.05) is 6.07 Å². The number of imidazole rings is 1. The van der Waals surface area contributed by atoms with Crippen molar-refractivity contribution < 1.29 is 4.79 Å². The Hall–Kier alpha value is -4.00. The number of hydrogen-bond donors (Lipinski definition) is 0. The van der Waals surface area contributed by atoms with Gasteiger partial charge in [-0.3, -0.25) is 23.6 Å². The Kier molecular flexibility index (Phi) is 7.02. The zero-order valence-electron chi connectivity index (χ0n) is 21.7. The molecule has 5 heterocycles. The van der Waals surface area contributed by atoms with Gasteiger partial charge < -0.3 is 9.47 Å². The van der Waals surface area contributed by atoms with Crippen molar-refractivity contribution in [2.45, 2.75) is 32.4 Å². The molecule has 1 atom stereocenters. The SMILES string of the molecule is CSCN(C(=O)Cn1cnc2c1c(=O)n(C)c(=O)n2C)c1cccc(-c2cnc(N3CCC[C@H]3C)nc2)n1. The fourth-order valence-electron chi connectivity index (χ4n) is 4.71. The number of fused-ring (bicyclic) bond motifs is 1. The standard InChI is InChI=1S/C25H29N9O3S/c1-16-7-6-10-33(16)24-26-11-17(12-27-24)18-8-5-9-19(29-18)34(15-38-4)20(35)13-32-14-28-22-21(32)23(36)31(3)25(37)30(22)2/h5,8-9,11-12,14,16H,6-7,10,13,15H2,1-4H3/t16-/m1/s1. The molecule has 1 fully saturated rings. The Balaban J connectivity index is 1.42. The molecule has 0 unspecified atom stereocenters. The van der Waals surface area contributed by atoms with Crippen molar-refractivity contribution >= 4 is 40.6 Å². The quantitative estimate of drug-likeness (QED) is 0.325. The number of nitrogens with zero attached hydrogens (tertiary/aromatic N) is 9. The number of aryl methyl sites for hydroxylation is 1. The summed E-state index contributed by atoms with van der Waals surface area (Å²) in [5, 5.41) is 0. The highest BCUT2D eigenvalue weighted by Crippen LogP contribution is 2.25. The molecule has 0 aromatic carbocycles. The first-order valence-electron chi connectivity index (χ1n) is 12.3. The first kappa shape index (κ1) is 25.6. The lowest BCUT2D eigenvalue weighted by molar-refractivity contribution is -0.118. The zero-order chi connectivity index (χ0) is 27.0. The number of aromatic nitrogens is 7. The van der Waals surface area contributed by atoms with Crippen LogP contribution in [0.2, 0.25) is 0 Å². The van der Waals surface area contributed by atoms with Crippen LogP contribution >= 0.6 is 11.8 Å². The van der Waals surface area contributed by atoms with E-state index in [4.69, 9.17) is 4.98 Å². The minimum absolute atomic E-state index is 0.137. The first-order valence-corrected chi connectivity index (χ1v) is 13.7. The van der Waals surface area contributed by atoms with E-state index in [-0.39, 0.29) is 23.6 Å². The largest absolute Gasteiger partial charge is 0.338 e. The van der Waals surface area contributed by atoms with Gasteiger partial charge in [0.1, 0.15) is 12.4 Å². The minimum Gasteiger partial charge on any atom is -0.338 e. The molecule has 13 heteroatoms. The van der Waals surface area contributed by atoms with Crippen molar-refractivity contribution in [3.8, 4) is 11.3 Å². The molecule has 38 heavy (non-hydrogen) atoms. The second kappa shape index (κ2) is 10.4. The van der Waals surface area contributed by atoms with Gasteiger partial charge in [-0.2, -0.15) is 0 Å². The van der Waals surface area contributed by atoms with Crippen molar-refractivity contribution in [2.24, 2.45) is 14.1 Å². The molecule has 1 amide bonds. The normalized spacial score (nSPS) is 15.4. The van der Waals surface area contributed by atoms with Gasteiger partial charge in [0.25, 0.3) is 5.56 Å². The fraction of sp³-hybridized carbons (Fsp3) is 0.400. The van der Waals surface area contributed by atoms with Crippen LogP contribution in [0.15, 0.2) is 46.5 Å². The van der Waals surface area contributed by atoms with E-state index in [1.165, 1.54) is 34.3 Å². The molecule has 5 rings (SSSR count). The van der Waals surface area contributed by atoms with Gasteiger partial charge in [-0.15, -0.1) is 11.8 Å². The molecular weight excluding hydrogens is 506 g/mol. The first-order chi connectivity index (χ1) is 18.3. The molecule has 0 aliphatic carbocycles. The van der Waals surface area contributed by atoms with Gasteiger partial charge in [-0.05, 0) is 38.2 Å². The third kappa shape index (κ3) is 4.57. The zero-order valence-corrected chi connectivity index (χ0v) is 22.6. The number of anilines is 2. The average Bonchev–Trinajstić information content (AvgIpc) is 3.55. The predicted octanol–water partition coefficient (Wildman–Crippen LogP) is 1.63. The smallest absolute Gasteiger partial charge is 0.332 e. The number of carbonyl (C=O) groups is 1. The Labute approximate surface area is 223 Å². The lowest BCUT2D eigenvalue weighted by Gasteiger charge is -2.22. The number of thioether (sulfide) groups is 1. The fourth-order valence-corrected chi connectivity index (χ4v) is 5.24. The number of hydrogen-bond acceptors (Lipinski definition) is 9. The van der Waals surface area contributed by atoms with E-state index < -0.39 is 11.2 Å². The summed E-state index contributed by atoms with van der Waals surface area (Å²) in [6.07, 6.45) is 9.10. The van der Waals surface area contributed by atoms with Crippen LogP contribution in [0.25, 0.3) is 22.4 Å². The summed E-state index contributed by atoms with van der Waals surface area (Å²) in [6.45, 7) is 3.00. The van der Waals surface area contributed by atoms with E-state index in [1.54, 1.807) is 30.4 Å². The summed E-state index contributed by atoms with van der Waals surface area (Å²) < 4.78 is 3.77. The topological polar surface area (TPSA) is 124 Å². The predicted molar refractivity (Wildman–Crippen MR) is 147 cm³/mol. The molecule has 198 valence electrons. The molecule has 0 saturated carbocycles. The van der Waals surface area contributed by atoms with Crippen LogP contribution in [0, 0.1) is 0 Å². The maximum Gasteiger partial charge on any atom is 0.332 e. The van der Waals surface area contributed by atoms with Crippen LogP contribution in [0.4, 0.5) is 11.8 Å². The van der Waals surface area contributed by atoms with Gasteiger partial charge in [0.05, 0.1) is 17.9 Å². The number of amides is 1. The third-order valence-electron chi connectivity index (χ3n) is 6.84. The Morgan fingerprint density at radius 3 is 2.58 bits per heavy atom. The summed E-state index contributed by atoms with van der Waals surface area (Å²) in [5.41, 5.74) is 0.851. The monoisotopic (exact) mass is 535 g/mol. The van der Waals surface area contributed by atoms with Crippen LogP contribution in [-0.2, 0) is 25.4 Å². The van der Waals surface area contributed by atoms with E-state index in [0.717, 1.165) is 29.5 Å². The Bertz CT molecular complexity index is 1610. The number of rotatable bonds is 7. The van der Waals surface area contributed by atoms with Gasteiger partial charge in [-0.25, -0.2) is 24.7 Å².